The third-order valence-electron chi connectivity index (χ3n) is 4.72. The molecule has 1 saturated heterocycles. The maximum absolute atomic E-state index is 13.1. The molecular formula is C20H17ClN2O3. The number of hydrogen-bond acceptors (Lipinski definition) is 4. The summed E-state index contributed by atoms with van der Waals surface area (Å²) in [5.74, 6) is -0.323. The summed E-state index contributed by atoms with van der Waals surface area (Å²) in [4.78, 5) is 31.7. The Labute approximate surface area is 155 Å². The third-order valence-corrected chi connectivity index (χ3v) is 4.95. The first-order valence-corrected chi connectivity index (χ1v) is 8.96. The molecule has 0 radical (unpaired) electrons. The molecule has 1 atom stereocenters. The Bertz CT molecular complexity index is 1020. The van der Waals surface area contributed by atoms with E-state index in [2.05, 4.69) is 4.98 Å². The van der Waals surface area contributed by atoms with Crippen molar-refractivity contribution >= 4 is 28.5 Å². The standard InChI is InChI=1S/C20H17ClN2O3/c21-14-7-8-18-13(11-14)12-15(20(25)26-18)19(24)23-10-4-2-6-17(23)16-5-1-3-9-22-16/h1,3,5,7-9,11-12,17H,2,4,6,10H2. The number of benzene rings is 1. The highest BCUT2D eigenvalue weighted by molar-refractivity contribution is 6.31. The quantitative estimate of drug-likeness (QED) is 0.636. The Hall–Kier alpha value is -2.66. The van der Waals surface area contributed by atoms with Crippen molar-refractivity contribution in [3.8, 4) is 0 Å². The van der Waals surface area contributed by atoms with Crippen LogP contribution in [0.15, 0.2) is 57.9 Å². The zero-order valence-corrected chi connectivity index (χ0v) is 14.8. The Kier molecular flexibility index (Phi) is 4.47. The van der Waals surface area contributed by atoms with Crippen molar-refractivity contribution < 1.29 is 9.21 Å². The summed E-state index contributed by atoms with van der Waals surface area (Å²) in [5.41, 5.74) is 0.655. The van der Waals surface area contributed by atoms with Gasteiger partial charge in [-0.3, -0.25) is 9.78 Å². The van der Waals surface area contributed by atoms with Crippen LogP contribution in [-0.4, -0.2) is 22.3 Å². The van der Waals surface area contributed by atoms with Gasteiger partial charge in [0.2, 0.25) is 0 Å². The largest absolute Gasteiger partial charge is 0.422 e. The van der Waals surface area contributed by atoms with E-state index in [0.29, 0.717) is 22.5 Å². The number of piperidine rings is 1. The molecule has 2 aromatic heterocycles. The number of nitrogens with zero attached hydrogens (tertiary/aromatic N) is 2. The van der Waals surface area contributed by atoms with Crippen LogP contribution in [0.4, 0.5) is 0 Å². The molecule has 1 unspecified atom stereocenters. The van der Waals surface area contributed by atoms with Crippen LogP contribution in [0.3, 0.4) is 0 Å². The Morgan fingerprint density at radius 1 is 1.19 bits per heavy atom. The van der Waals surface area contributed by atoms with Gasteiger partial charge in [0.05, 0.1) is 11.7 Å². The molecule has 1 aliphatic rings. The highest BCUT2D eigenvalue weighted by atomic mass is 35.5. The summed E-state index contributed by atoms with van der Waals surface area (Å²) in [6.07, 6.45) is 4.47. The third kappa shape index (κ3) is 3.10. The van der Waals surface area contributed by atoms with E-state index in [9.17, 15) is 9.59 Å². The van der Waals surface area contributed by atoms with Crippen molar-refractivity contribution in [1.82, 2.24) is 9.88 Å². The Morgan fingerprint density at radius 3 is 2.88 bits per heavy atom. The van der Waals surface area contributed by atoms with Crippen molar-refractivity contribution in [2.75, 3.05) is 6.54 Å². The van der Waals surface area contributed by atoms with E-state index in [-0.39, 0.29) is 17.5 Å². The van der Waals surface area contributed by atoms with E-state index in [0.717, 1.165) is 25.0 Å². The van der Waals surface area contributed by atoms with Crippen LogP contribution in [0.1, 0.15) is 41.4 Å². The molecule has 0 spiro atoms. The van der Waals surface area contributed by atoms with Crippen molar-refractivity contribution in [1.29, 1.82) is 0 Å². The number of halogens is 1. The molecule has 0 aliphatic carbocycles. The van der Waals surface area contributed by atoms with Gasteiger partial charge in [-0.25, -0.2) is 4.79 Å². The second kappa shape index (κ2) is 6.92. The Morgan fingerprint density at radius 2 is 2.08 bits per heavy atom. The van der Waals surface area contributed by atoms with E-state index in [1.165, 1.54) is 0 Å². The van der Waals surface area contributed by atoms with Gasteiger partial charge >= 0.3 is 5.63 Å². The monoisotopic (exact) mass is 368 g/mol. The molecule has 3 heterocycles. The first-order chi connectivity index (χ1) is 12.6. The van der Waals surface area contributed by atoms with Crippen molar-refractivity contribution in [2.24, 2.45) is 0 Å². The number of pyridine rings is 1. The minimum absolute atomic E-state index is 0.0302. The molecular weight excluding hydrogens is 352 g/mol. The first kappa shape index (κ1) is 16.8. The fraction of sp³-hybridized carbons (Fsp3) is 0.250. The fourth-order valence-corrected chi connectivity index (χ4v) is 3.63. The summed E-state index contributed by atoms with van der Waals surface area (Å²) in [7, 11) is 0. The molecule has 5 nitrogen and oxygen atoms in total. The van der Waals surface area contributed by atoms with E-state index in [1.807, 2.05) is 18.2 Å². The van der Waals surface area contributed by atoms with Crippen molar-refractivity contribution in [3.05, 3.63) is 75.4 Å². The van der Waals surface area contributed by atoms with Gasteiger partial charge in [-0.05, 0) is 55.7 Å². The van der Waals surface area contributed by atoms with Crippen LogP contribution in [0.5, 0.6) is 0 Å². The SMILES string of the molecule is O=C(c1cc2cc(Cl)ccc2oc1=O)N1CCCCC1c1ccccn1. The number of amides is 1. The zero-order chi connectivity index (χ0) is 18.1. The van der Waals surface area contributed by atoms with Crippen LogP contribution in [-0.2, 0) is 0 Å². The minimum atomic E-state index is -0.629. The molecule has 3 aromatic rings. The molecule has 26 heavy (non-hydrogen) atoms. The van der Waals surface area contributed by atoms with Gasteiger partial charge in [-0.1, -0.05) is 17.7 Å². The summed E-state index contributed by atoms with van der Waals surface area (Å²) in [6.45, 7) is 0.590. The van der Waals surface area contributed by atoms with Crippen molar-refractivity contribution in [3.63, 3.8) is 0 Å². The van der Waals surface area contributed by atoms with E-state index in [1.54, 1.807) is 35.4 Å². The molecule has 0 saturated carbocycles. The smallest absolute Gasteiger partial charge is 0.349 e. The van der Waals surface area contributed by atoms with Gasteiger partial charge in [-0.15, -0.1) is 0 Å². The summed E-state index contributed by atoms with van der Waals surface area (Å²) in [6, 6.07) is 12.1. The predicted molar refractivity (Wildman–Crippen MR) is 99.4 cm³/mol. The number of carbonyl (C=O) groups excluding carboxylic acids is 1. The van der Waals surface area contributed by atoms with Crippen LogP contribution in [0, 0.1) is 0 Å². The van der Waals surface area contributed by atoms with Gasteiger partial charge in [0.1, 0.15) is 11.1 Å². The summed E-state index contributed by atoms with van der Waals surface area (Å²) in [5, 5.41) is 1.15. The highest BCUT2D eigenvalue weighted by Gasteiger charge is 2.31. The molecule has 132 valence electrons. The first-order valence-electron chi connectivity index (χ1n) is 8.59. The van der Waals surface area contributed by atoms with Crippen LogP contribution >= 0.6 is 11.6 Å². The number of hydrogen-bond donors (Lipinski definition) is 0. The molecule has 6 heteroatoms. The Balaban J connectivity index is 1.75. The summed E-state index contributed by atoms with van der Waals surface area (Å²) >= 11 is 6.02. The van der Waals surface area contributed by atoms with E-state index < -0.39 is 5.63 Å². The maximum atomic E-state index is 13.1. The molecule has 0 bridgehead atoms. The maximum Gasteiger partial charge on any atom is 0.349 e. The number of fused-ring (bicyclic) bond motifs is 1. The van der Waals surface area contributed by atoms with Gasteiger partial charge in [0.25, 0.3) is 5.91 Å². The normalized spacial score (nSPS) is 17.4. The minimum Gasteiger partial charge on any atom is -0.422 e. The lowest BCUT2D eigenvalue weighted by Gasteiger charge is -2.35. The average molecular weight is 369 g/mol. The lowest BCUT2D eigenvalue weighted by molar-refractivity contribution is 0.0602. The van der Waals surface area contributed by atoms with Crippen LogP contribution in [0.2, 0.25) is 5.02 Å². The molecule has 1 aromatic carbocycles. The van der Waals surface area contributed by atoms with Crippen LogP contribution in [0.25, 0.3) is 11.0 Å². The van der Waals surface area contributed by atoms with Crippen LogP contribution < -0.4 is 5.63 Å². The van der Waals surface area contributed by atoms with Gasteiger partial charge < -0.3 is 9.32 Å². The topological polar surface area (TPSA) is 63.4 Å². The molecule has 1 fully saturated rings. The molecule has 1 aliphatic heterocycles. The fourth-order valence-electron chi connectivity index (χ4n) is 3.45. The van der Waals surface area contributed by atoms with E-state index >= 15 is 0 Å². The van der Waals surface area contributed by atoms with E-state index in [4.69, 9.17) is 16.0 Å². The number of carbonyl (C=O) groups is 1. The van der Waals surface area contributed by atoms with Gasteiger partial charge in [-0.2, -0.15) is 0 Å². The number of rotatable bonds is 2. The highest BCUT2D eigenvalue weighted by Crippen LogP contribution is 2.31. The zero-order valence-electron chi connectivity index (χ0n) is 14.0. The van der Waals surface area contributed by atoms with Crippen molar-refractivity contribution in [2.45, 2.75) is 25.3 Å². The molecule has 4 rings (SSSR count). The lowest BCUT2D eigenvalue weighted by Crippen LogP contribution is -2.40. The number of aromatic nitrogens is 1. The average Bonchev–Trinajstić information content (AvgIpc) is 2.68. The van der Waals surface area contributed by atoms with Gasteiger partial charge in [0.15, 0.2) is 0 Å². The summed E-state index contributed by atoms with van der Waals surface area (Å²) < 4.78 is 5.32. The van der Waals surface area contributed by atoms with Gasteiger partial charge in [0, 0.05) is 23.2 Å². The second-order valence-corrected chi connectivity index (χ2v) is 6.83. The second-order valence-electron chi connectivity index (χ2n) is 6.39. The predicted octanol–water partition coefficient (Wildman–Crippen LogP) is 4.21. The molecule has 0 N–H and O–H groups in total. The number of likely N-dealkylation sites (tertiary alicyclic amines) is 1. The lowest BCUT2D eigenvalue weighted by atomic mass is 9.97. The molecule has 1 amide bonds.